The van der Waals surface area contributed by atoms with Gasteiger partial charge in [-0.2, -0.15) is 0 Å². The smallest absolute Gasteiger partial charge is 0.121 e. The molecule has 1 N–H and O–H groups in total. The van der Waals surface area contributed by atoms with E-state index in [1.165, 1.54) is 0 Å². The zero-order valence-electron chi connectivity index (χ0n) is 7.08. The molecule has 0 spiro atoms. The van der Waals surface area contributed by atoms with Crippen LogP contribution in [-0.4, -0.2) is 11.7 Å². The maximum absolute atomic E-state index is 9.55. The molecule has 1 aliphatic rings. The Morgan fingerprint density at radius 2 is 2.25 bits per heavy atom. The van der Waals surface area contributed by atoms with E-state index in [1.807, 2.05) is 19.1 Å². The molecule has 0 bridgehead atoms. The molecular weight excluding hydrogens is 152 g/mol. The van der Waals surface area contributed by atoms with E-state index >= 15 is 0 Å². The van der Waals surface area contributed by atoms with E-state index in [-0.39, 0.29) is 6.10 Å². The molecule has 0 saturated carbocycles. The maximum Gasteiger partial charge on any atom is 0.121 e. The summed E-state index contributed by atoms with van der Waals surface area (Å²) >= 11 is 0. The van der Waals surface area contributed by atoms with Crippen molar-refractivity contribution in [3.63, 3.8) is 0 Å². The van der Waals surface area contributed by atoms with E-state index in [0.29, 0.717) is 5.75 Å². The van der Waals surface area contributed by atoms with Crippen molar-refractivity contribution >= 4 is 0 Å². The Labute approximate surface area is 71.8 Å². The molecule has 12 heavy (non-hydrogen) atoms. The number of ether oxygens (including phenoxy) is 1. The highest BCUT2D eigenvalue weighted by atomic mass is 16.5. The molecule has 1 aromatic rings. The van der Waals surface area contributed by atoms with Gasteiger partial charge in [0, 0.05) is 12.0 Å². The van der Waals surface area contributed by atoms with E-state index in [9.17, 15) is 5.11 Å². The average molecular weight is 164 g/mol. The second kappa shape index (κ2) is 2.79. The van der Waals surface area contributed by atoms with Crippen molar-refractivity contribution in [2.45, 2.75) is 19.4 Å². The third-order valence-corrected chi connectivity index (χ3v) is 2.32. The predicted molar refractivity (Wildman–Crippen MR) is 46.2 cm³/mol. The van der Waals surface area contributed by atoms with E-state index in [1.54, 1.807) is 6.07 Å². The van der Waals surface area contributed by atoms with Crippen LogP contribution in [-0.2, 0) is 4.74 Å². The molecule has 0 amide bonds. The van der Waals surface area contributed by atoms with E-state index < -0.39 is 0 Å². The number of phenolic OH excluding ortho intramolecular Hbond substituents is 1. The maximum atomic E-state index is 9.55. The highest BCUT2D eigenvalue weighted by Crippen LogP contribution is 2.36. The molecule has 0 aliphatic carbocycles. The van der Waals surface area contributed by atoms with E-state index in [0.717, 1.165) is 24.2 Å². The fourth-order valence-electron chi connectivity index (χ4n) is 1.55. The van der Waals surface area contributed by atoms with Gasteiger partial charge in [-0.3, -0.25) is 0 Å². The van der Waals surface area contributed by atoms with Gasteiger partial charge in [0.05, 0.1) is 12.7 Å². The minimum atomic E-state index is 0.131. The molecule has 1 atom stereocenters. The molecule has 1 aliphatic heterocycles. The Balaban J connectivity index is 2.39. The Bertz CT molecular complexity index is 270. The number of phenols is 1. The van der Waals surface area contributed by atoms with Crippen LogP contribution in [0.3, 0.4) is 0 Å². The fraction of sp³-hybridized carbons (Fsp3) is 0.400. The number of hydrogen-bond donors (Lipinski definition) is 1. The summed E-state index contributed by atoms with van der Waals surface area (Å²) in [5.41, 5.74) is 2.07. The quantitative estimate of drug-likeness (QED) is 0.689. The SMILES string of the molecule is Cc1cccc(O)c1C1CCO1. The lowest BCUT2D eigenvalue weighted by atomic mass is 9.97. The van der Waals surface area contributed by atoms with Gasteiger partial charge in [-0.05, 0) is 18.6 Å². The summed E-state index contributed by atoms with van der Waals surface area (Å²) in [5, 5.41) is 9.55. The highest BCUT2D eigenvalue weighted by Gasteiger charge is 2.24. The van der Waals surface area contributed by atoms with Crippen molar-refractivity contribution in [1.82, 2.24) is 0 Å². The van der Waals surface area contributed by atoms with Crippen LogP contribution >= 0.6 is 0 Å². The van der Waals surface area contributed by atoms with Crippen LogP contribution < -0.4 is 0 Å². The molecule has 1 aromatic carbocycles. The highest BCUT2D eigenvalue weighted by molar-refractivity contribution is 5.40. The summed E-state index contributed by atoms with van der Waals surface area (Å²) in [6.07, 6.45) is 1.16. The number of benzene rings is 1. The van der Waals surface area contributed by atoms with Gasteiger partial charge in [-0.15, -0.1) is 0 Å². The van der Waals surface area contributed by atoms with Crippen molar-refractivity contribution in [2.75, 3.05) is 6.61 Å². The van der Waals surface area contributed by atoms with Gasteiger partial charge in [0.2, 0.25) is 0 Å². The second-order valence-electron chi connectivity index (χ2n) is 3.16. The summed E-state index contributed by atoms with van der Waals surface area (Å²) in [7, 11) is 0. The molecule has 1 fully saturated rings. The van der Waals surface area contributed by atoms with Crippen LogP contribution in [0.1, 0.15) is 23.7 Å². The molecule has 2 rings (SSSR count). The summed E-state index contributed by atoms with van der Waals surface area (Å²) in [5.74, 6) is 0.361. The van der Waals surface area contributed by atoms with Crippen molar-refractivity contribution in [1.29, 1.82) is 0 Å². The van der Waals surface area contributed by atoms with Crippen molar-refractivity contribution < 1.29 is 9.84 Å². The Morgan fingerprint density at radius 3 is 2.75 bits per heavy atom. The fourth-order valence-corrected chi connectivity index (χ4v) is 1.55. The Morgan fingerprint density at radius 1 is 1.50 bits per heavy atom. The van der Waals surface area contributed by atoms with Gasteiger partial charge >= 0.3 is 0 Å². The summed E-state index contributed by atoms with van der Waals surface area (Å²) < 4.78 is 5.32. The number of rotatable bonds is 1. The lowest BCUT2D eigenvalue weighted by Crippen LogP contribution is -2.19. The van der Waals surface area contributed by atoms with Gasteiger partial charge in [-0.25, -0.2) is 0 Å². The zero-order valence-corrected chi connectivity index (χ0v) is 7.08. The third-order valence-electron chi connectivity index (χ3n) is 2.32. The van der Waals surface area contributed by atoms with Crippen molar-refractivity contribution in [3.8, 4) is 5.75 Å². The molecule has 1 heterocycles. The number of aryl methyl sites for hydroxylation is 1. The van der Waals surface area contributed by atoms with Crippen LogP contribution in [0.5, 0.6) is 5.75 Å². The minimum Gasteiger partial charge on any atom is -0.508 e. The molecule has 2 heteroatoms. The van der Waals surface area contributed by atoms with Gasteiger partial charge in [0.15, 0.2) is 0 Å². The van der Waals surface area contributed by atoms with E-state index in [4.69, 9.17) is 4.74 Å². The molecule has 64 valence electrons. The Hall–Kier alpha value is -1.02. The first-order valence-corrected chi connectivity index (χ1v) is 4.19. The molecule has 0 aromatic heterocycles. The van der Waals surface area contributed by atoms with Gasteiger partial charge in [-0.1, -0.05) is 12.1 Å². The first kappa shape index (κ1) is 7.62. The first-order valence-electron chi connectivity index (χ1n) is 4.19. The largest absolute Gasteiger partial charge is 0.508 e. The van der Waals surface area contributed by atoms with Gasteiger partial charge < -0.3 is 9.84 Å². The lowest BCUT2D eigenvalue weighted by Gasteiger charge is -2.28. The molecule has 2 nitrogen and oxygen atoms in total. The standard InChI is InChI=1S/C10H12O2/c1-7-3-2-4-8(11)10(7)9-5-6-12-9/h2-4,9,11H,5-6H2,1H3. The third kappa shape index (κ3) is 1.08. The van der Waals surface area contributed by atoms with Crippen molar-refractivity contribution in [3.05, 3.63) is 29.3 Å². The predicted octanol–water partition coefficient (Wildman–Crippen LogP) is 2.16. The van der Waals surface area contributed by atoms with Crippen LogP contribution in [0.2, 0.25) is 0 Å². The number of hydrogen-bond acceptors (Lipinski definition) is 2. The average Bonchev–Trinajstić information content (AvgIpc) is 1.93. The first-order chi connectivity index (χ1) is 5.79. The van der Waals surface area contributed by atoms with Crippen LogP contribution in [0, 0.1) is 6.92 Å². The molecule has 1 unspecified atom stereocenters. The van der Waals surface area contributed by atoms with E-state index in [2.05, 4.69) is 0 Å². The minimum absolute atomic E-state index is 0.131. The van der Waals surface area contributed by atoms with Crippen LogP contribution in [0.15, 0.2) is 18.2 Å². The Kier molecular flexibility index (Phi) is 1.77. The zero-order chi connectivity index (χ0) is 8.55. The van der Waals surface area contributed by atoms with Crippen LogP contribution in [0.4, 0.5) is 0 Å². The summed E-state index contributed by atoms with van der Waals surface area (Å²) in [6.45, 7) is 2.81. The van der Waals surface area contributed by atoms with Gasteiger partial charge in [0.1, 0.15) is 5.75 Å². The number of aromatic hydroxyl groups is 1. The summed E-state index contributed by atoms with van der Waals surface area (Å²) in [6, 6.07) is 5.56. The van der Waals surface area contributed by atoms with Gasteiger partial charge in [0.25, 0.3) is 0 Å². The normalized spacial score (nSPS) is 21.9. The topological polar surface area (TPSA) is 29.5 Å². The van der Waals surface area contributed by atoms with Crippen molar-refractivity contribution in [2.24, 2.45) is 0 Å². The molecular formula is C10H12O2. The molecule has 0 radical (unpaired) electrons. The van der Waals surface area contributed by atoms with Crippen LogP contribution in [0.25, 0.3) is 0 Å². The monoisotopic (exact) mass is 164 g/mol. The lowest BCUT2D eigenvalue weighted by molar-refractivity contribution is -0.0541. The molecule has 1 saturated heterocycles. The summed E-state index contributed by atoms with van der Waals surface area (Å²) in [4.78, 5) is 0. The second-order valence-corrected chi connectivity index (χ2v) is 3.16.